The molecule has 1 saturated heterocycles. The molecule has 0 amide bonds. The van der Waals surface area contributed by atoms with Crippen molar-refractivity contribution in [1.29, 1.82) is 0 Å². The highest BCUT2D eigenvalue weighted by molar-refractivity contribution is 6.44. The van der Waals surface area contributed by atoms with Crippen LogP contribution in [0, 0.1) is 17.3 Å². The Balaban J connectivity index is 1.34. The Labute approximate surface area is 166 Å². The summed E-state index contributed by atoms with van der Waals surface area (Å²) >= 11 is 0. The van der Waals surface area contributed by atoms with Crippen LogP contribution in [0.4, 0.5) is 0 Å². The van der Waals surface area contributed by atoms with Gasteiger partial charge in [0.05, 0.1) is 12.2 Å². The first-order chi connectivity index (χ1) is 13.4. The molecule has 5 nitrogen and oxygen atoms in total. The Hall–Kier alpha value is -1.92. The Morgan fingerprint density at radius 1 is 1.25 bits per heavy atom. The molecule has 0 spiro atoms. The van der Waals surface area contributed by atoms with E-state index in [0.717, 1.165) is 18.2 Å². The van der Waals surface area contributed by atoms with Crippen LogP contribution in [-0.4, -0.2) is 34.7 Å². The summed E-state index contributed by atoms with van der Waals surface area (Å²) in [6.45, 7) is 6.98. The molecule has 28 heavy (non-hydrogen) atoms. The molecule has 2 bridgehead atoms. The van der Waals surface area contributed by atoms with Crippen LogP contribution >= 0.6 is 0 Å². The predicted molar refractivity (Wildman–Crippen MR) is 107 cm³/mol. The number of hydrogen-bond acceptors (Lipinski definition) is 4. The van der Waals surface area contributed by atoms with Gasteiger partial charge in [-0.25, -0.2) is 4.98 Å². The molecule has 4 aliphatic rings. The summed E-state index contributed by atoms with van der Waals surface area (Å²) < 4.78 is 14.7. The molecule has 0 N–H and O–H groups in total. The van der Waals surface area contributed by atoms with Crippen molar-refractivity contribution in [3.63, 3.8) is 0 Å². The van der Waals surface area contributed by atoms with Gasteiger partial charge in [-0.1, -0.05) is 44.2 Å². The lowest BCUT2D eigenvalue weighted by atomic mass is 9.47. The zero-order valence-corrected chi connectivity index (χ0v) is 16.8. The maximum atomic E-state index is 11.9. The fourth-order valence-electron chi connectivity index (χ4n) is 5.35. The number of carbonyl (C=O) groups is 1. The molecule has 6 rings (SSSR count). The zero-order chi connectivity index (χ0) is 19.5. The van der Waals surface area contributed by atoms with Crippen LogP contribution in [0.3, 0.4) is 0 Å². The number of imidazole rings is 1. The molecule has 1 aliphatic heterocycles. The van der Waals surface area contributed by atoms with Crippen LogP contribution in [-0.2, 0) is 22.2 Å². The number of ketones is 1. The fraction of sp³-hybridized carbons (Fsp3) is 0.545. The summed E-state index contributed by atoms with van der Waals surface area (Å²) in [5.74, 6) is 2.19. The number of aromatic nitrogens is 2. The third-order valence-electron chi connectivity index (χ3n) is 7.23. The third kappa shape index (κ3) is 2.94. The van der Waals surface area contributed by atoms with E-state index in [0.29, 0.717) is 29.9 Å². The van der Waals surface area contributed by atoms with Crippen molar-refractivity contribution in [1.82, 2.24) is 9.55 Å². The maximum absolute atomic E-state index is 11.9. The van der Waals surface area contributed by atoms with Gasteiger partial charge in [-0.15, -0.1) is 0 Å². The first kappa shape index (κ1) is 18.1. The minimum Gasteiger partial charge on any atom is -0.405 e. The van der Waals surface area contributed by atoms with Crippen molar-refractivity contribution >= 4 is 12.9 Å². The molecule has 0 radical (unpaired) electrons. The van der Waals surface area contributed by atoms with Crippen molar-refractivity contribution in [2.75, 3.05) is 0 Å². The Morgan fingerprint density at radius 3 is 2.75 bits per heavy atom. The largest absolute Gasteiger partial charge is 0.465 e. The van der Waals surface area contributed by atoms with Gasteiger partial charge in [-0.3, -0.25) is 4.79 Å². The Kier molecular flexibility index (Phi) is 4.25. The summed E-state index contributed by atoms with van der Waals surface area (Å²) in [6.07, 6.45) is 5.21. The number of carbonyl (C=O) groups excluding carboxylic acids is 1. The molecular weight excluding hydrogens is 351 g/mol. The van der Waals surface area contributed by atoms with Crippen LogP contribution in [0.1, 0.15) is 55.5 Å². The first-order valence-corrected chi connectivity index (χ1v) is 10.3. The molecular formula is C22H27BN2O3. The highest BCUT2D eigenvalue weighted by Gasteiger charge is 2.61. The van der Waals surface area contributed by atoms with Crippen molar-refractivity contribution in [3.8, 4) is 0 Å². The fourth-order valence-corrected chi connectivity index (χ4v) is 5.35. The second-order valence-corrected chi connectivity index (χ2v) is 9.22. The SMILES string of the molecule is CC(=O)c1cn(Cc2ccccc2)c(CB2OC3C[C@H]4C[C@@H](C3O2)C4(C)C)n1. The van der Waals surface area contributed by atoms with E-state index in [1.165, 1.54) is 12.0 Å². The average molecular weight is 378 g/mol. The average Bonchev–Trinajstić information content (AvgIpc) is 3.26. The van der Waals surface area contributed by atoms with Gasteiger partial charge < -0.3 is 13.9 Å². The minimum atomic E-state index is -0.276. The van der Waals surface area contributed by atoms with Gasteiger partial charge in [0.15, 0.2) is 5.78 Å². The topological polar surface area (TPSA) is 53.4 Å². The lowest BCUT2D eigenvalue weighted by molar-refractivity contribution is -0.150. The van der Waals surface area contributed by atoms with Gasteiger partial charge in [0.25, 0.3) is 0 Å². The Bertz CT molecular complexity index is 894. The van der Waals surface area contributed by atoms with E-state index in [2.05, 4.69) is 35.5 Å². The van der Waals surface area contributed by atoms with E-state index in [9.17, 15) is 4.79 Å². The molecule has 1 aromatic heterocycles. The van der Waals surface area contributed by atoms with E-state index in [1.807, 2.05) is 24.4 Å². The van der Waals surface area contributed by atoms with Crippen molar-refractivity contribution in [3.05, 3.63) is 53.6 Å². The molecule has 146 valence electrons. The van der Waals surface area contributed by atoms with Crippen LogP contribution in [0.5, 0.6) is 0 Å². The standard InChI is InChI=1S/C22H27BN2O3/c1-14(26)18-13-25(12-15-7-5-4-6-8-15)20(24-18)11-23-27-19-10-16-9-17(21(19)28-23)22(16,2)3/h4-8,13,16-17,19,21H,9-12H2,1-3H3/t16-,17+,19?,21?/m1/s1. The molecule has 4 atom stereocenters. The molecule has 2 unspecified atom stereocenters. The summed E-state index contributed by atoms with van der Waals surface area (Å²) in [6, 6.07) is 10.2. The molecule has 2 heterocycles. The van der Waals surface area contributed by atoms with Crippen LogP contribution in [0.15, 0.2) is 36.5 Å². The van der Waals surface area contributed by atoms with Crippen molar-refractivity contribution in [2.24, 2.45) is 17.3 Å². The van der Waals surface area contributed by atoms with Gasteiger partial charge in [0.1, 0.15) is 11.5 Å². The van der Waals surface area contributed by atoms with Crippen LogP contribution in [0.25, 0.3) is 0 Å². The van der Waals surface area contributed by atoms with Crippen LogP contribution in [0.2, 0.25) is 0 Å². The molecule has 4 fully saturated rings. The zero-order valence-electron chi connectivity index (χ0n) is 16.8. The number of benzene rings is 1. The minimum absolute atomic E-state index is 0.0161. The van der Waals surface area contributed by atoms with Gasteiger partial charge in [-0.05, 0) is 35.7 Å². The van der Waals surface area contributed by atoms with Gasteiger partial charge in [0.2, 0.25) is 0 Å². The summed E-state index contributed by atoms with van der Waals surface area (Å²) in [5.41, 5.74) is 2.05. The van der Waals surface area contributed by atoms with E-state index in [4.69, 9.17) is 9.31 Å². The highest BCUT2D eigenvalue weighted by atomic mass is 16.7. The maximum Gasteiger partial charge on any atom is 0.465 e. The van der Waals surface area contributed by atoms with E-state index in [-0.39, 0.29) is 25.1 Å². The number of Topliss-reactive ketones (excluding diaryl/α,β-unsaturated/α-hetero) is 1. The number of nitrogens with zero attached hydrogens (tertiary/aromatic N) is 2. The van der Waals surface area contributed by atoms with Gasteiger partial charge in [-0.2, -0.15) is 0 Å². The lowest BCUT2D eigenvalue weighted by Gasteiger charge is -2.60. The van der Waals surface area contributed by atoms with E-state index < -0.39 is 0 Å². The number of hydrogen-bond donors (Lipinski definition) is 0. The molecule has 6 heteroatoms. The quantitative estimate of drug-likeness (QED) is 0.590. The summed E-state index contributed by atoms with van der Waals surface area (Å²) in [5, 5.41) is 0. The smallest absolute Gasteiger partial charge is 0.405 e. The summed E-state index contributed by atoms with van der Waals surface area (Å²) in [4.78, 5) is 16.5. The monoisotopic (exact) mass is 378 g/mol. The van der Waals surface area contributed by atoms with Crippen LogP contribution < -0.4 is 0 Å². The second-order valence-electron chi connectivity index (χ2n) is 9.22. The summed E-state index contributed by atoms with van der Waals surface area (Å²) in [7, 11) is -0.276. The normalized spacial score (nSPS) is 30.0. The van der Waals surface area contributed by atoms with E-state index in [1.54, 1.807) is 6.92 Å². The molecule has 2 aromatic rings. The Morgan fingerprint density at radius 2 is 2.04 bits per heavy atom. The molecule has 3 aliphatic carbocycles. The predicted octanol–water partition coefficient (Wildman–Crippen LogP) is 3.55. The first-order valence-electron chi connectivity index (χ1n) is 10.3. The van der Waals surface area contributed by atoms with Crippen molar-refractivity contribution in [2.45, 2.75) is 58.7 Å². The van der Waals surface area contributed by atoms with E-state index >= 15 is 0 Å². The highest BCUT2D eigenvalue weighted by Crippen LogP contribution is 2.61. The molecule has 3 saturated carbocycles. The third-order valence-corrected chi connectivity index (χ3v) is 7.23. The van der Waals surface area contributed by atoms with Crippen molar-refractivity contribution < 1.29 is 14.1 Å². The lowest BCUT2D eigenvalue weighted by Crippen LogP contribution is -2.59. The van der Waals surface area contributed by atoms with Gasteiger partial charge in [0, 0.05) is 26.0 Å². The number of rotatable bonds is 5. The van der Waals surface area contributed by atoms with Gasteiger partial charge >= 0.3 is 7.12 Å². The second kappa shape index (κ2) is 6.56. The molecule has 1 aromatic carbocycles.